The zero-order chi connectivity index (χ0) is 26.3. The molecule has 0 unspecified atom stereocenters. The van der Waals surface area contributed by atoms with E-state index in [-0.39, 0.29) is 12.2 Å². The molecule has 0 amide bonds. The summed E-state index contributed by atoms with van der Waals surface area (Å²) >= 11 is 0. The Morgan fingerprint density at radius 1 is 0.919 bits per heavy atom. The Morgan fingerprint density at radius 2 is 1.65 bits per heavy atom. The molecule has 5 rings (SSSR count). The average molecular weight is 499 g/mol. The van der Waals surface area contributed by atoms with Crippen molar-refractivity contribution in [1.82, 2.24) is 19.1 Å². The van der Waals surface area contributed by atoms with Crippen LogP contribution in [0, 0.1) is 20.8 Å². The standard InChI is InChI=1S/C28H26N4O5/c1-16-14-17(2)29-25-24(16)27(33)31(28(34)32(25)22-8-6-7-9-23(22)36-5)15-21-18(3)37-26(30-21)19-10-12-20(35-4)13-11-19/h6-14H,15H2,1-5H3. The Hall–Kier alpha value is -4.66. The third kappa shape index (κ3) is 4.18. The Bertz CT molecular complexity index is 1750. The van der Waals surface area contributed by atoms with Crippen molar-refractivity contribution in [3.8, 4) is 28.6 Å². The molecule has 3 heterocycles. The van der Waals surface area contributed by atoms with Crippen LogP contribution in [0.1, 0.15) is 22.7 Å². The number of para-hydroxylation sites is 2. The summed E-state index contributed by atoms with van der Waals surface area (Å²) in [5, 5.41) is 0.354. The van der Waals surface area contributed by atoms with E-state index < -0.39 is 11.2 Å². The minimum atomic E-state index is -0.548. The SMILES string of the molecule is COc1ccc(-c2nc(Cn3c(=O)c4c(C)cc(C)nc4n(-c4ccccc4OC)c3=O)c(C)o2)cc1. The number of hydrogen-bond acceptors (Lipinski definition) is 7. The molecule has 0 aliphatic carbocycles. The molecular formula is C28H26N4O5. The lowest BCUT2D eigenvalue weighted by molar-refractivity contribution is 0.412. The normalized spacial score (nSPS) is 11.2. The van der Waals surface area contributed by atoms with Crippen LogP contribution >= 0.6 is 0 Å². The van der Waals surface area contributed by atoms with Crippen LogP contribution in [0.2, 0.25) is 0 Å². The van der Waals surface area contributed by atoms with Crippen molar-refractivity contribution >= 4 is 11.0 Å². The van der Waals surface area contributed by atoms with Crippen LogP contribution < -0.4 is 20.7 Å². The van der Waals surface area contributed by atoms with Gasteiger partial charge >= 0.3 is 5.69 Å². The second-order valence-corrected chi connectivity index (χ2v) is 8.71. The molecular weight excluding hydrogens is 472 g/mol. The van der Waals surface area contributed by atoms with Crippen molar-refractivity contribution in [3.05, 3.63) is 98.1 Å². The molecule has 2 aromatic carbocycles. The van der Waals surface area contributed by atoms with E-state index in [2.05, 4.69) is 9.97 Å². The van der Waals surface area contributed by atoms with E-state index in [0.717, 1.165) is 11.1 Å². The van der Waals surface area contributed by atoms with Gasteiger partial charge in [0.05, 0.1) is 31.8 Å². The van der Waals surface area contributed by atoms with E-state index in [1.165, 1.54) is 16.2 Å². The van der Waals surface area contributed by atoms with Gasteiger partial charge in [-0.1, -0.05) is 12.1 Å². The zero-order valence-electron chi connectivity index (χ0n) is 21.2. The topological polar surface area (TPSA) is 101 Å². The van der Waals surface area contributed by atoms with Crippen molar-refractivity contribution in [3.63, 3.8) is 0 Å². The van der Waals surface area contributed by atoms with Gasteiger partial charge in [0, 0.05) is 11.3 Å². The van der Waals surface area contributed by atoms with Gasteiger partial charge in [0.1, 0.15) is 23.0 Å². The maximum atomic E-state index is 13.9. The van der Waals surface area contributed by atoms with E-state index in [0.29, 0.717) is 45.6 Å². The molecule has 0 spiro atoms. The molecule has 5 aromatic rings. The van der Waals surface area contributed by atoms with Crippen molar-refractivity contribution in [2.45, 2.75) is 27.3 Å². The van der Waals surface area contributed by atoms with E-state index in [9.17, 15) is 9.59 Å². The van der Waals surface area contributed by atoms with E-state index in [1.807, 2.05) is 50.2 Å². The number of benzene rings is 2. The number of fused-ring (bicyclic) bond motifs is 1. The highest BCUT2D eigenvalue weighted by Gasteiger charge is 2.22. The molecule has 9 heteroatoms. The fourth-order valence-electron chi connectivity index (χ4n) is 4.43. The van der Waals surface area contributed by atoms with Crippen LogP contribution in [0.4, 0.5) is 0 Å². The first-order valence-electron chi connectivity index (χ1n) is 11.7. The summed E-state index contributed by atoms with van der Waals surface area (Å²) in [5.41, 5.74) is 2.43. The zero-order valence-corrected chi connectivity index (χ0v) is 21.2. The first-order valence-corrected chi connectivity index (χ1v) is 11.7. The summed E-state index contributed by atoms with van der Waals surface area (Å²) < 4.78 is 19.2. The van der Waals surface area contributed by atoms with Crippen molar-refractivity contribution in [2.24, 2.45) is 0 Å². The van der Waals surface area contributed by atoms with Crippen molar-refractivity contribution in [1.29, 1.82) is 0 Å². The molecule has 3 aromatic heterocycles. The van der Waals surface area contributed by atoms with Crippen LogP contribution in [0.15, 0.2) is 68.6 Å². The molecule has 37 heavy (non-hydrogen) atoms. The van der Waals surface area contributed by atoms with Gasteiger partial charge in [0.15, 0.2) is 5.65 Å². The van der Waals surface area contributed by atoms with Gasteiger partial charge < -0.3 is 13.9 Å². The second kappa shape index (κ2) is 9.42. The Balaban J connectivity index is 1.72. The molecule has 0 atom stereocenters. The predicted octanol–water partition coefficient (Wildman–Crippen LogP) is 4.19. The minimum absolute atomic E-state index is 0.0679. The number of oxazole rings is 1. The Kier molecular flexibility index (Phi) is 6.12. The van der Waals surface area contributed by atoms with Crippen LogP contribution in [0.25, 0.3) is 28.2 Å². The van der Waals surface area contributed by atoms with Gasteiger partial charge in [0.25, 0.3) is 5.56 Å². The molecule has 188 valence electrons. The van der Waals surface area contributed by atoms with E-state index in [4.69, 9.17) is 13.9 Å². The molecule has 0 saturated heterocycles. The lowest BCUT2D eigenvalue weighted by Crippen LogP contribution is -2.40. The predicted molar refractivity (Wildman–Crippen MR) is 140 cm³/mol. The molecule has 0 N–H and O–H groups in total. The number of aromatic nitrogens is 4. The number of ether oxygens (including phenoxy) is 2. The van der Waals surface area contributed by atoms with E-state index in [1.54, 1.807) is 32.2 Å². The summed E-state index contributed by atoms with van der Waals surface area (Å²) in [5.74, 6) is 2.10. The van der Waals surface area contributed by atoms with Crippen LogP contribution in [0.5, 0.6) is 11.5 Å². The van der Waals surface area contributed by atoms with Gasteiger partial charge in [-0.25, -0.2) is 19.3 Å². The molecule has 0 saturated carbocycles. The maximum Gasteiger partial charge on any atom is 0.337 e. The summed E-state index contributed by atoms with van der Waals surface area (Å²) in [6.45, 7) is 5.36. The summed E-state index contributed by atoms with van der Waals surface area (Å²) in [4.78, 5) is 36.8. The largest absolute Gasteiger partial charge is 0.497 e. The quantitative estimate of drug-likeness (QED) is 0.346. The lowest BCUT2D eigenvalue weighted by Gasteiger charge is -2.16. The molecule has 0 radical (unpaired) electrons. The van der Waals surface area contributed by atoms with Gasteiger partial charge in [-0.3, -0.25) is 9.36 Å². The lowest BCUT2D eigenvalue weighted by atomic mass is 10.1. The maximum absolute atomic E-state index is 13.9. The van der Waals surface area contributed by atoms with Crippen LogP contribution in [-0.2, 0) is 6.54 Å². The van der Waals surface area contributed by atoms with Crippen LogP contribution in [-0.4, -0.2) is 33.3 Å². The number of aryl methyl sites for hydroxylation is 3. The Labute approximate surface area is 212 Å². The van der Waals surface area contributed by atoms with Crippen molar-refractivity contribution < 1.29 is 13.9 Å². The fraction of sp³-hybridized carbons (Fsp3) is 0.214. The first kappa shape index (κ1) is 24.1. The average Bonchev–Trinajstić information content (AvgIpc) is 3.26. The number of nitrogens with zero attached hydrogens (tertiary/aromatic N) is 4. The summed E-state index contributed by atoms with van der Waals surface area (Å²) in [6.07, 6.45) is 0. The van der Waals surface area contributed by atoms with E-state index >= 15 is 0 Å². The summed E-state index contributed by atoms with van der Waals surface area (Å²) in [6, 6.07) is 16.3. The summed E-state index contributed by atoms with van der Waals surface area (Å²) in [7, 11) is 3.13. The molecule has 0 fully saturated rings. The number of methoxy groups -OCH3 is 2. The first-order chi connectivity index (χ1) is 17.8. The third-order valence-corrected chi connectivity index (χ3v) is 6.28. The molecule has 0 bridgehead atoms. The highest BCUT2D eigenvalue weighted by molar-refractivity contribution is 5.80. The van der Waals surface area contributed by atoms with Gasteiger partial charge in [-0.2, -0.15) is 0 Å². The second-order valence-electron chi connectivity index (χ2n) is 8.71. The molecule has 0 aliphatic heterocycles. The minimum Gasteiger partial charge on any atom is -0.497 e. The number of hydrogen-bond donors (Lipinski definition) is 0. The number of rotatable bonds is 6. The van der Waals surface area contributed by atoms with Crippen LogP contribution in [0.3, 0.4) is 0 Å². The Morgan fingerprint density at radius 3 is 2.35 bits per heavy atom. The molecule has 0 aliphatic rings. The fourth-order valence-corrected chi connectivity index (χ4v) is 4.43. The third-order valence-electron chi connectivity index (χ3n) is 6.28. The van der Waals surface area contributed by atoms with Gasteiger partial charge in [0.2, 0.25) is 5.89 Å². The van der Waals surface area contributed by atoms with Crippen molar-refractivity contribution in [2.75, 3.05) is 14.2 Å². The number of pyridine rings is 1. The molecule has 9 nitrogen and oxygen atoms in total. The van der Waals surface area contributed by atoms with Gasteiger partial charge in [-0.15, -0.1) is 0 Å². The smallest absolute Gasteiger partial charge is 0.337 e. The highest BCUT2D eigenvalue weighted by Crippen LogP contribution is 2.26. The van der Waals surface area contributed by atoms with Gasteiger partial charge in [-0.05, 0) is 68.8 Å². The highest BCUT2D eigenvalue weighted by atomic mass is 16.5. The monoisotopic (exact) mass is 498 g/mol.